The number of hydrogen-bond acceptors (Lipinski definition) is 6. The quantitative estimate of drug-likeness (QED) is 0.676. The van der Waals surface area contributed by atoms with Gasteiger partial charge in [0.05, 0.1) is 5.69 Å². The Hall–Kier alpha value is -2.63. The Morgan fingerprint density at radius 1 is 1.22 bits per heavy atom. The average Bonchev–Trinajstić information content (AvgIpc) is 2.73. The molecule has 0 aliphatic heterocycles. The lowest BCUT2D eigenvalue weighted by molar-refractivity contribution is 0.475. The van der Waals surface area contributed by atoms with E-state index in [0.29, 0.717) is 28.4 Å². The summed E-state index contributed by atoms with van der Waals surface area (Å²) in [5, 5.41) is 9.43. The van der Waals surface area contributed by atoms with Gasteiger partial charge in [-0.1, -0.05) is 6.07 Å². The van der Waals surface area contributed by atoms with Gasteiger partial charge in [0.2, 0.25) is 17.5 Å². The van der Waals surface area contributed by atoms with E-state index in [1.54, 1.807) is 31.2 Å². The summed E-state index contributed by atoms with van der Waals surface area (Å²) < 4.78 is 5.59. The molecular weight excluding hydrogens is 232 g/mol. The molecule has 2 aromatic heterocycles. The Bertz CT molecular complexity index is 736. The number of hydrogen-bond donors (Lipinski definition) is 2. The van der Waals surface area contributed by atoms with Gasteiger partial charge in [0.25, 0.3) is 0 Å². The zero-order valence-corrected chi connectivity index (χ0v) is 9.58. The lowest BCUT2D eigenvalue weighted by atomic mass is 10.2. The Kier molecular flexibility index (Phi) is 2.16. The molecule has 0 saturated carbocycles. The largest absolute Gasteiger partial charge is 0.508 e. The fraction of sp³-hybridized carbons (Fsp3) is 0.0833. The van der Waals surface area contributed by atoms with Gasteiger partial charge < -0.3 is 15.3 Å². The van der Waals surface area contributed by atoms with Crippen molar-refractivity contribution in [3.05, 3.63) is 30.0 Å². The molecule has 0 aliphatic carbocycles. The number of aryl methyl sites for hydroxylation is 1. The molecule has 0 fully saturated rings. The highest BCUT2D eigenvalue weighted by Gasteiger charge is 2.13. The van der Waals surface area contributed by atoms with E-state index in [2.05, 4.69) is 15.0 Å². The second kappa shape index (κ2) is 3.69. The maximum Gasteiger partial charge on any atom is 0.229 e. The van der Waals surface area contributed by atoms with Crippen LogP contribution in [0.5, 0.6) is 5.75 Å². The molecule has 6 nitrogen and oxygen atoms in total. The van der Waals surface area contributed by atoms with Crippen molar-refractivity contribution < 1.29 is 9.52 Å². The van der Waals surface area contributed by atoms with Gasteiger partial charge in [0, 0.05) is 5.56 Å². The van der Waals surface area contributed by atoms with Crippen molar-refractivity contribution >= 4 is 17.2 Å². The molecule has 1 aromatic carbocycles. The number of fused-ring (bicyclic) bond motifs is 1. The zero-order valence-electron chi connectivity index (χ0n) is 9.58. The monoisotopic (exact) mass is 242 g/mol. The maximum atomic E-state index is 9.43. The molecule has 6 heteroatoms. The van der Waals surface area contributed by atoms with Crippen LogP contribution in [0.15, 0.2) is 28.7 Å². The minimum absolute atomic E-state index is 0.150. The number of phenolic OH excluding ortho intramolecular Hbond substituents is 1. The SMILES string of the molecule is Cc1nc(N)nc2nc(-c3cccc(O)c3)oc12. The molecule has 18 heavy (non-hydrogen) atoms. The maximum absolute atomic E-state index is 9.43. The first-order chi connectivity index (χ1) is 8.63. The third-order valence-corrected chi connectivity index (χ3v) is 2.53. The molecule has 0 unspecified atom stereocenters. The van der Waals surface area contributed by atoms with Gasteiger partial charge in [-0.2, -0.15) is 9.97 Å². The van der Waals surface area contributed by atoms with Crippen LogP contribution in [0.3, 0.4) is 0 Å². The van der Waals surface area contributed by atoms with Crippen molar-refractivity contribution in [3.63, 3.8) is 0 Å². The number of anilines is 1. The summed E-state index contributed by atoms with van der Waals surface area (Å²) in [6, 6.07) is 6.65. The third kappa shape index (κ3) is 1.64. The van der Waals surface area contributed by atoms with Crippen LogP contribution >= 0.6 is 0 Å². The van der Waals surface area contributed by atoms with Gasteiger partial charge in [-0.05, 0) is 25.1 Å². The van der Waals surface area contributed by atoms with E-state index in [-0.39, 0.29) is 11.7 Å². The summed E-state index contributed by atoms with van der Waals surface area (Å²) in [6.45, 7) is 1.78. The van der Waals surface area contributed by atoms with Crippen molar-refractivity contribution in [1.82, 2.24) is 15.0 Å². The molecule has 0 spiro atoms. The van der Waals surface area contributed by atoms with Gasteiger partial charge in [0.1, 0.15) is 5.75 Å². The molecule has 3 N–H and O–H groups in total. The number of rotatable bonds is 1. The summed E-state index contributed by atoms with van der Waals surface area (Å²) in [6.07, 6.45) is 0. The van der Waals surface area contributed by atoms with Crippen LogP contribution in [-0.4, -0.2) is 20.1 Å². The predicted octanol–water partition coefficient (Wildman–Crippen LogP) is 1.88. The van der Waals surface area contributed by atoms with Gasteiger partial charge in [-0.15, -0.1) is 0 Å². The summed E-state index contributed by atoms with van der Waals surface area (Å²) in [5.41, 5.74) is 7.78. The lowest BCUT2D eigenvalue weighted by Gasteiger charge is -1.95. The van der Waals surface area contributed by atoms with Crippen molar-refractivity contribution in [1.29, 1.82) is 0 Å². The van der Waals surface area contributed by atoms with Crippen LogP contribution in [0.4, 0.5) is 5.95 Å². The number of nitrogens with two attached hydrogens (primary N) is 1. The first-order valence-corrected chi connectivity index (χ1v) is 5.33. The predicted molar refractivity (Wildman–Crippen MR) is 65.8 cm³/mol. The van der Waals surface area contributed by atoms with Crippen LogP contribution in [0.2, 0.25) is 0 Å². The average molecular weight is 242 g/mol. The van der Waals surface area contributed by atoms with Crippen LogP contribution in [0, 0.1) is 6.92 Å². The molecule has 0 radical (unpaired) electrons. The number of aromatic nitrogens is 3. The van der Waals surface area contributed by atoms with E-state index in [4.69, 9.17) is 10.2 Å². The minimum atomic E-state index is 0.150. The topological polar surface area (TPSA) is 98.1 Å². The number of aromatic hydroxyl groups is 1. The molecule has 0 bridgehead atoms. The van der Waals surface area contributed by atoms with Crippen molar-refractivity contribution in [2.45, 2.75) is 6.92 Å². The highest BCUT2D eigenvalue weighted by Crippen LogP contribution is 2.26. The van der Waals surface area contributed by atoms with Gasteiger partial charge in [0.15, 0.2) is 5.58 Å². The molecule has 3 aromatic rings. The Morgan fingerprint density at radius 2 is 2.06 bits per heavy atom. The summed E-state index contributed by atoms with van der Waals surface area (Å²) in [7, 11) is 0. The van der Waals surface area contributed by atoms with E-state index in [0.717, 1.165) is 0 Å². The van der Waals surface area contributed by atoms with Gasteiger partial charge in [-0.3, -0.25) is 0 Å². The van der Waals surface area contributed by atoms with Crippen molar-refractivity contribution in [3.8, 4) is 17.2 Å². The van der Waals surface area contributed by atoms with E-state index >= 15 is 0 Å². The van der Waals surface area contributed by atoms with Crippen LogP contribution in [0.1, 0.15) is 5.69 Å². The molecular formula is C12H10N4O2. The van der Waals surface area contributed by atoms with E-state index < -0.39 is 0 Å². The fourth-order valence-electron chi connectivity index (χ4n) is 1.74. The first kappa shape index (κ1) is 10.5. The van der Waals surface area contributed by atoms with E-state index in [1.165, 1.54) is 0 Å². The normalized spacial score (nSPS) is 10.9. The Balaban J connectivity index is 2.22. The fourth-order valence-corrected chi connectivity index (χ4v) is 1.74. The molecule has 0 saturated heterocycles. The standard InChI is InChI=1S/C12H10N4O2/c1-6-9-10(16-12(13)14-6)15-11(18-9)7-3-2-4-8(17)5-7/h2-5,17H,1H3,(H2,13,14,16). The second-order valence-electron chi connectivity index (χ2n) is 3.89. The van der Waals surface area contributed by atoms with Gasteiger partial charge in [-0.25, -0.2) is 4.98 Å². The Morgan fingerprint density at radius 3 is 2.83 bits per heavy atom. The van der Waals surface area contributed by atoms with E-state index in [9.17, 15) is 5.11 Å². The number of oxazole rings is 1. The molecule has 0 amide bonds. The lowest BCUT2D eigenvalue weighted by Crippen LogP contribution is -1.96. The zero-order chi connectivity index (χ0) is 12.7. The summed E-state index contributed by atoms with van der Waals surface area (Å²) >= 11 is 0. The molecule has 2 heterocycles. The van der Waals surface area contributed by atoms with Crippen LogP contribution < -0.4 is 5.73 Å². The number of phenols is 1. The molecule has 0 atom stereocenters. The van der Waals surface area contributed by atoms with Gasteiger partial charge >= 0.3 is 0 Å². The summed E-state index contributed by atoms with van der Waals surface area (Å²) in [5.74, 6) is 0.691. The molecule has 90 valence electrons. The third-order valence-electron chi connectivity index (χ3n) is 2.53. The van der Waals surface area contributed by atoms with Crippen LogP contribution in [-0.2, 0) is 0 Å². The number of benzene rings is 1. The highest BCUT2D eigenvalue weighted by atomic mass is 16.3. The van der Waals surface area contributed by atoms with Crippen LogP contribution in [0.25, 0.3) is 22.7 Å². The minimum Gasteiger partial charge on any atom is -0.508 e. The molecule has 3 rings (SSSR count). The number of nitrogen functional groups attached to an aromatic ring is 1. The molecule has 0 aliphatic rings. The number of nitrogens with zero attached hydrogens (tertiary/aromatic N) is 3. The Labute approximate surface area is 102 Å². The second-order valence-corrected chi connectivity index (χ2v) is 3.89. The first-order valence-electron chi connectivity index (χ1n) is 5.33. The summed E-state index contributed by atoms with van der Waals surface area (Å²) in [4.78, 5) is 12.3. The van der Waals surface area contributed by atoms with E-state index in [1.807, 2.05) is 0 Å². The van der Waals surface area contributed by atoms with Crippen molar-refractivity contribution in [2.24, 2.45) is 0 Å². The smallest absolute Gasteiger partial charge is 0.229 e. The van der Waals surface area contributed by atoms with Crippen molar-refractivity contribution in [2.75, 3.05) is 5.73 Å². The highest BCUT2D eigenvalue weighted by molar-refractivity contribution is 5.75.